The van der Waals surface area contributed by atoms with Gasteiger partial charge in [0.05, 0.1) is 22.3 Å². The van der Waals surface area contributed by atoms with Crippen molar-refractivity contribution >= 4 is 54.8 Å². The van der Waals surface area contributed by atoms with Crippen LogP contribution >= 0.6 is 39.1 Å². The van der Waals surface area contributed by atoms with Gasteiger partial charge in [-0.05, 0) is 47.2 Å². The van der Waals surface area contributed by atoms with Crippen molar-refractivity contribution in [3.8, 4) is 0 Å². The zero-order valence-electron chi connectivity index (χ0n) is 10.8. The zero-order valence-corrected chi connectivity index (χ0v) is 14.7. The summed E-state index contributed by atoms with van der Waals surface area (Å²) in [7, 11) is -2.26. The molecule has 9 heteroatoms. The standard InChI is InChI=1S/C12H11BrCl2N2O3S/c1-16-21(18,19)10-5-2-7(20-10)6-17-9-4-3-8(13)11(14)12(9)15/h2-5,16-17H,6H2,1H3. The first kappa shape index (κ1) is 16.6. The molecule has 0 aliphatic rings. The predicted octanol–water partition coefficient (Wildman–Crippen LogP) is 3.87. The highest BCUT2D eigenvalue weighted by Crippen LogP contribution is 2.36. The highest BCUT2D eigenvalue weighted by atomic mass is 79.9. The molecule has 0 saturated heterocycles. The molecule has 2 aromatic rings. The minimum Gasteiger partial charge on any atom is -0.446 e. The average Bonchev–Trinajstić information content (AvgIpc) is 2.94. The van der Waals surface area contributed by atoms with Gasteiger partial charge in [-0.25, -0.2) is 13.1 Å². The quantitative estimate of drug-likeness (QED) is 0.729. The zero-order chi connectivity index (χ0) is 15.6. The fraction of sp³-hybridized carbons (Fsp3) is 0.167. The van der Waals surface area contributed by atoms with Crippen molar-refractivity contribution in [1.29, 1.82) is 0 Å². The van der Waals surface area contributed by atoms with Crippen LogP contribution in [-0.2, 0) is 16.6 Å². The van der Waals surface area contributed by atoms with Crippen LogP contribution in [-0.4, -0.2) is 15.5 Å². The van der Waals surface area contributed by atoms with Gasteiger partial charge in [0, 0.05) is 4.47 Å². The number of hydrogen-bond donors (Lipinski definition) is 2. The van der Waals surface area contributed by atoms with Crippen molar-refractivity contribution in [3.05, 3.63) is 44.5 Å². The summed E-state index contributed by atoms with van der Waals surface area (Å²) in [5.74, 6) is 0.457. The topological polar surface area (TPSA) is 71.3 Å². The minimum absolute atomic E-state index is 0.137. The Labute approximate surface area is 140 Å². The van der Waals surface area contributed by atoms with Crippen molar-refractivity contribution in [1.82, 2.24) is 4.72 Å². The van der Waals surface area contributed by atoms with Crippen LogP contribution in [0.5, 0.6) is 0 Å². The number of hydrogen-bond acceptors (Lipinski definition) is 4. The molecule has 0 saturated carbocycles. The number of halogens is 3. The van der Waals surface area contributed by atoms with E-state index in [0.717, 1.165) is 0 Å². The van der Waals surface area contributed by atoms with Crippen molar-refractivity contribution in [2.45, 2.75) is 11.6 Å². The molecule has 1 heterocycles. The van der Waals surface area contributed by atoms with Crippen LogP contribution in [0.1, 0.15) is 5.76 Å². The second kappa shape index (κ2) is 6.58. The summed E-state index contributed by atoms with van der Waals surface area (Å²) in [5, 5.41) is 3.67. The second-order valence-electron chi connectivity index (χ2n) is 4.00. The van der Waals surface area contributed by atoms with Crippen molar-refractivity contribution in [3.63, 3.8) is 0 Å². The Morgan fingerprint density at radius 3 is 2.57 bits per heavy atom. The van der Waals surface area contributed by atoms with Crippen LogP contribution in [0.3, 0.4) is 0 Å². The SMILES string of the molecule is CNS(=O)(=O)c1ccc(CNc2ccc(Br)c(Cl)c2Cl)o1. The van der Waals surface area contributed by atoms with Gasteiger partial charge in [0.2, 0.25) is 5.09 Å². The van der Waals surface area contributed by atoms with E-state index in [2.05, 4.69) is 26.0 Å². The highest BCUT2D eigenvalue weighted by Gasteiger charge is 2.16. The van der Waals surface area contributed by atoms with Gasteiger partial charge in [-0.1, -0.05) is 23.2 Å². The largest absolute Gasteiger partial charge is 0.446 e. The van der Waals surface area contributed by atoms with Crippen LogP contribution in [0, 0.1) is 0 Å². The third-order valence-electron chi connectivity index (χ3n) is 2.66. The first-order chi connectivity index (χ1) is 9.85. The fourth-order valence-corrected chi connectivity index (χ4v) is 3.05. The highest BCUT2D eigenvalue weighted by molar-refractivity contribution is 9.10. The van der Waals surface area contributed by atoms with Gasteiger partial charge in [-0.2, -0.15) is 0 Å². The van der Waals surface area contributed by atoms with E-state index in [4.69, 9.17) is 27.6 Å². The van der Waals surface area contributed by atoms with E-state index in [1.165, 1.54) is 13.1 Å². The monoisotopic (exact) mass is 412 g/mol. The minimum atomic E-state index is -3.58. The lowest BCUT2D eigenvalue weighted by atomic mass is 10.3. The Hall–Kier alpha value is -0.730. The molecule has 1 aromatic carbocycles. The van der Waals surface area contributed by atoms with E-state index in [9.17, 15) is 8.42 Å². The molecule has 21 heavy (non-hydrogen) atoms. The lowest BCUT2D eigenvalue weighted by Gasteiger charge is -2.09. The summed E-state index contributed by atoms with van der Waals surface area (Å²) >= 11 is 15.4. The molecule has 0 amide bonds. The molecule has 0 bridgehead atoms. The first-order valence-electron chi connectivity index (χ1n) is 5.75. The summed E-state index contributed by atoms with van der Waals surface area (Å²) in [4.78, 5) is 0. The molecule has 0 aliphatic carbocycles. The molecule has 0 aliphatic heterocycles. The number of nitrogens with one attached hydrogen (secondary N) is 2. The summed E-state index contributed by atoms with van der Waals surface area (Å²) in [6.45, 7) is 0.275. The van der Waals surface area contributed by atoms with Crippen molar-refractivity contribution in [2.24, 2.45) is 0 Å². The summed E-state index contributed by atoms with van der Waals surface area (Å²) in [5.41, 5.74) is 0.624. The number of furan rings is 1. The molecule has 0 unspecified atom stereocenters. The van der Waals surface area contributed by atoms with Gasteiger partial charge in [0.15, 0.2) is 0 Å². The van der Waals surface area contributed by atoms with Crippen molar-refractivity contribution in [2.75, 3.05) is 12.4 Å². The average molecular weight is 414 g/mol. The van der Waals surface area contributed by atoms with Gasteiger partial charge >= 0.3 is 0 Å². The third kappa shape index (κ3) is 3.73. The van der Waals surface area contributed by atoms with Crippen molar-refractivity contribution < 1.29 is 12.8 Å². The van der Waals surface area contributed by atoms with E-state index < -0.39 is 10.0 Å². The molecule has 0 fully saturated rings. The van der Waals surface area contributed by atoms with Gasteiger partial charge in [-0.15, -0.1) is 0 Å². The number of anilines is 1. The molecular formula is C12H11BrCl2N2O3S. The maximum absolute atomic E-state index is 11.6. The van der Waals surface area contributed by atoms with Gasteiger partial charge in [0.25, 0.3) is 10.0 Å². The Kier molecular flexibility index (Phi) is 5.21. The maximum Gasteiger partial charge on any atom is 0.273 e. The van der Waals surface area contributed by atoms with Gasteiger partial charge in [-0.3, -0.25) is 0 Å². The second-order valence-corrected chi connectivity index (χ2v) is 7.43. The molecule has 0 atom stereocenters. The van der Waals surface area contributed by atoms with E-state index in [0.29, 0.717) is 26.0 Å². The Morgan fingerprint density at radius 1 is 1.19 bits per heavy atom. The van der Waals surface area contributed by atoms with E-state index in [1.807, 2.05) is 0 Å². The van der Waals surface area contributed by atoms with E-state index >= 15 is 0 Å². The molecule has 0 spiro atoms. The molecule has 0 radical (unpaired) electrons. The van der Waals surface area contributed by atoms with Crippen LogP contribution < -0.4 is 10.0 Å². The van der Waals surface area contributed by atoms with Gasteiger partial charge < -0.3 is 9.73 Å². The Balaban J connectivity index is 2.13. The molecule has 5 nitrogen and oxygen atoms in total. The fourth-order valence-electron chi connectivity index (χ4n) is 1.54. The molecule has 2 N–H and O–H groups in total. The Bertz CT molecular complexity index is 762. The summed E-state index contributed by atoms with van der Waals surface area (Å²) < 4.78 is 31.2. The number of benzene rings is 1. The predicted molar refractivity (Wildman–Crippen MR) is 86.4 cm³/mol. The summed E-state index contributed by atoms with van der Waals surface area (Å²) in [6, 6.07) is 6.48. The smallest absolute Gasteiger partial charge is 0.273 e. The van der Waals surface area contributed by atoms with Gasteiger partial charge in [0.1, 0.15) is 5.76 Å². The lowest BCUT2D eigenvalue weighted by Crippen LogP contribution is -2.17. The van der Waals surface area contributed by atoms with E-state index in [-0.39, 0.29) is 11.6 Å². The van der Waals surface area contributed by atoms with E-state index in [1.54, 1.807) is 18.2 Å². The van der Waals surface area contributed by atoms with Crippen LogP contribution in [0.2, 0.25) is 10.0 Å². The van der Waals surface area contributed by atoms with Crippen LogP contribution in [0.15, 0.2) is 38.2 Å². The number of rotatable bonds is 5. The molecule has 1 aromatic heterocycles. The maximum atomic E-state index is 11.6. The van der Waals surface area contributed by atoms with Crippen LogP contribution in [0.4, 0.5) is 5.69 Å². The Morgan fingerprint density at radius 2 is 1.90 bits per heavy atom. The first-order valence-corrected chi connectivity index (χ1v) is 8.78. The molecule has 2 rings (SSSR count). The lowest BCUT2D eigenvalue weighted by molar-refractivity contribution is 0.417. The number of sulfonamides is 1. The third-order valence-corrected chi connectivity index (χ3v) is 5.72. The summed E-state index contributed by atoms with van der Waals surface area (Å²) in [6.07, 6.45) is 0. The normalized spacial score (nSPS) is 11.6. The molecule has 114 valence electrons. The molecular weight excluding hydrogens is 403 g/mol. The van der Waals surface area contributed by atoms with Crippen LogP contribution in [0.25, 0.3) is 0 Å².